The predicted molar refractivity (Wildman–Crippen MR) is 73.6 cm³/mol. The molecule has 1 saturated carbocycles. The maximum Gasteiger partial charge on any atom is 0.322 e. The first-order chi connectivity index (χ1) is 9.99. The molecule has 1 aromatic heterocycles. The second kappa shape index (κ2) is 3.79. The fourth-order valence-electron chi connectivity index (χ4n) is 4.31. The number of rotatable bonds is 1. The molecule has 2 fully saturated rings. The molecule has 1 aromatic rings. The van der Waals surface area contributed by atoms with E-state index in [1.807, 2.05) is 23.8 Å². The summed E-state index contributed by atoms with van der Waals surface area (Å²) in [5.74, 6) is -0.152. The summed E-state index contributed by atoms with van der Waals surface area (Å²) in [5.41, 5.74) is -0.619. The normalized spacial score (nSPS) is 37.4. The number of aromatic nitrogens is 1. The smallest absolute Gasteiger partial charge is 0.322 e. The molecule has 21 heavy (non-hydrogen) atoms. The van der Waals surface area contributed by atoms with Crippen molar-refractivity contribution < 1.29 is 14.7 Å². The standard InChI is InChI=1S/C14H18N4O3/c1-3-18-13(20)16(2)11-10-9(7-14(11,18)21)17-6-4-5-8(17)12(19)15-10/h4-6,9-11,21H,3,7H2,1-2H3,(H,15,19)/t9-,10-,11+,14+/m1/s1. The second-order valence-corrected chi connectivity index (χ2v) is 6.03. The average Bonchev–Trinajstić information content (AvgIpc) is 3.06. The van der Waals surface area contributed by atoms with Gasteiger partial charge in [0.05, 0.1) is 12.1 Å². The van der Waals surface area contributed by atoms with Crippen LogP contribution in [0, 0.1) is 0 Å². The lowest BCUT2D eigenvalue weighted by molar-refractivity contribution is -0.0714. The lowest BCUT2D eigenvalue weighted by Gasteiger charge is -2.34. The van der Waals surface area contributed by atoms with E-state index in [9.17, 15) is 14.7 Å². The Morgan fingerprint density at radius 2 is 2.24 bits per heavy atom. The van der Waals surface area contributed by atoms with Crippen molar-refractivity contribution in [3.05, 3.63) is 24.0 Å². The minimum Gasteiger partial charge on any atom is -0.368 e. The van der Waals surface area contributed by atoms with Crippen molar-refractivity contribution in [2.75, 3.05) is 13.6 Å². The quantitative estimate of drug-likeness (QED) is 0.763. The number of nitrogens with zero attached hydrogens (tertiary/aromatic N) is 3. The van der Waals surface area contributed by atoms with Crippen molar-refractivity contribution in [2.24, 2.45) is 0 Å². The SMILES string of the molecule is CCN1C(=O)N(C)[C@H]2[C@@H]3NC(=O)c4cccn4[C@@H]3C[C@]21O. The van der Waals surface area contributed by atoms with Crippen LogP contribution in [0.5, 0.6) is 0 Å². The highest BCUT2D eigenvalue weighted by atomic mass is 16.3. The predicted octanol–water partition coefficient (Wildman–Crippen LogP) is -0.0106. The number of urea groups is 1. The third-order valence-electron chi connectivity index (χ3n) is 5.14. The highest BCUT2D eigenvalue weighted by molar-refractivity contribution is 5.94. The molecule has 0 spiro atoms. The summed E-state index contributed by atoms with van der Waals surface area (Å²) in [5, 5.41) is 14.1. The Bertz CT molecular complexity index is 642. The van der Waals surface area contributed by atoms with Gasteiger partial charge in [-0.3, -0.25) is 9.69 Å². The monoisotopic (exact) mass is 290 g/mol. The number of carbonyl (C=O) groups is 2. The largest absolute Gasteiger partial charge is 0.368 e. The van der Waals surface area contributed by atoms with Crippen molar-refractivity contribution in [1.82, 2.24) is 19.7 Å². The number of nitrogens with one attached hydrogen (secondary N) is 1. The zero-order valence-corrected chi connectivity index (χ0v) is 12.0. The van der Waals surface area contributed by atoms with Crippen LogP contribution < -0.4 is 5.32 Å². The molecule has 0 unspecified atom stereocenters. The molecule has 2 N–H and O–H groups in total. The van der Waals surface area contributed by atoms with Crippen LogP contribution >= 0.6 is 0 Å². The molecule has 0 bridgehead atoms. The van der Waals surface area contributed by atoms with Gasteiger partial charge >= 0.3 is 6.03 Å². The van der Waals surface area contributed by atoms with Crippen molar-refractivity contribution in [1.29, 1.82) is 0 Å². The zero-order chi connectivity index (χ0) is 14.9. The molecule has 112 valence electrons. The average molecular weight is 290 g/mol. The number of hydrogen-bond donors (Lipinski definition) is 2. The third-order valence-corrected chi connectivity index (χ3v) is 5.14. The van der Waals surface area contributed by atoms with E-state index in [1.165, 1.54) is 4.90 Å². The molecule has 1 aliphatic carbocycles. The van der Waals surface area contributed by atoms with Crippen LogP contribution in [0.3, 0.4) is 0 Å². The fraction of sp³-hybridized carbons (Fsp3) is 0.571. The van der Waals surface area contributed by atoms with E-state index in [4.69, 9.17) is 0 Å². The molecule has 3 amide bonds. The first-order valence-electron chi connectivity index (χ1n) is 7.23. The molecule has 0 aromatic carbocycles. The van der Waals surface area contributed by atoms with Crippen LogP contribution in [0.25, 0.3) is 0 Å². The maximum atomic E-state index is 12.3. The van der Waals surface area contributed by atoms with E-state index in [2.05, 4.69) is 5.32 Å². The van der Waals surface area contributed by atoms with Crippen LogP contribution in [0.15, 0.2) is 18.3 Å². The Morgan fingerprint density at radius 3 is 2.95 bits per heavy atom. The van der Waals surface area contributed by atoms with Crippen LogP contribution in [-0.4, -0.2) is 62.8 Å². The molecule has 1 saturated heterocycles. The number of fused-ring (bicyclic) bond motifs is 5. The van der Waals surface area contributed by atoms with Gasteiger partial charge in [-0.1, -0.05) is 0 Å². The Balaban J connectivity index is 1.82. The second-order valence-electron chi connectivity index (χ2n) is 6.03. The van der Waals surface area contributed by atoms with E-state index >= 15 is 0 Å². The van der Waals surface area contributed by atoms with E-state index in [1.54, 1.807) is 18.0 Å². The topological polar surface area (TPSA) is 77.8 Å². The van der Waals surface area contributed by atoms with E-state index in [-0.39, 0.29) is 24.0 Å². The highest BCUT2D eigenvalue weighted by Crippen LogP contribution is 2.48. The van der Waals surface area contributed by atoms with Crippen molar-refractivity contribution in [3.8, 4) is 0 Å². The Labute approximate surface area is 122 Å². The van der Waals surface area contributed by atoms with Crippen molar-refractivity contribution in [2.45, 2.75) is 37.2 Å². The van der Waals surface area contributed by atoms with Gasteiger partial charge in [0.2, 0.25) is 0 Å². The number of likely N-dealkylation sites (N-methyl/N-ethyl adjacent to an activating group) is 2. The van der Waals surface area contributed by atoms with Crippen LogP contribution in [0.4, 0.5) is 4.79 Å². The number of hydrogen-bond acceptors (Lipinski definition) is 3. The molecular formula is C14H18N4O3. The molecule has 3 aliphatic rings. The van der Waals surface area contributed by atoms with Gasteiger partial charge in [0.1, 0.15) is 11.7 Å². The number of aliphatic hydroxyl groups is 1. The van der Waals surface area contributed by atoms with Crippen LogP contribution in [0.2, 0.25) is 0 Å². The molecule has 4 rings (SSSR count). The van der Waals surface area contributed by atoms with Crippen molar-refractivity contribution >= 4 is 11.9 Å². The molecule has 3 heterocycles. The first kappa shape index (κ1) is 12.7. The van der Waals surface area contributed by atoms with Gasteiger partial charge < -0.3 is 19.9 Å². The highest BCUT2D eigenvalue weighted by Gasteiger charge is 2.66. The van der Waals surface area contributed by atoms with Crippen LogP contribution in [0.1, 0.15) is 29.9 Å². The van der Waals surface area contributed by atoms with Gasteiger partial charge in [-0.2, -0.15) is 0 Å². The van der Waals surface area contributed by atoms with Crippen LogP contribution in [-0.2, 0) is 0 Å². The van der Waals surface area contributed by atoms with Gasteiger partial charge in [0, 0.05) is 26.2 Å². The van der Waals surface area contributed by atoms with Gasteiger partial charge in [0.15, 0.2) is 5.72 Å². The van der Waals surface area contributed by atoms with Gasteiger partial charge in [-0.25, -0.2) is 4.79 Å². The molecule has 4 atom stereocenters. The molecule has 7 nitrogen and oxygen atoms in total. The minimum absolute atomic E-state index is 0.0349. The molecule has 7 heteroatoms. The van der Waals surface area contributed by atoms with Gasteiger partial charge in [-0.15, -0.1) is 0 Å². The Hall–Kier alpha value is -2.02. The third kappa shape index (κ3) is 1.32. The molecule has 0 radical (unpaired) electrons. The summed E-state index contributed by atoms with van der Waals surface area (Å²) in [4.78, 5) is 27.5. The number of carbonyl (C=O) groups excluding carboxylic acids is 2. The summed E-state index contributed by atoms with van der Waals surface area (Å²) >= 11 is 0. The summed E-state index contributed by atoms with van der Waals surface area (Å²) in [6.07, 6.45) is 2.29. The summed E-state index contributed by atoms with van der Waals surface area (Å²) in [7, 11) is 1.69. The molecule has 2 aliphatic heterocycles. The van der Waals surface area contributed by atoms with Gasteiger partial charge in [-0.05, 0) is 19.1 Å². The van der Waals surface area contributed by atoms with E-state index in [0.29, 0.717) is 18.7 Å². The fourth-order valence-corrected chi connectivity index (χ4v) is 4.31. The summed E-state index contributed by atoms with van der Waals surface area (Å²) < 4.78 is 1.92. The van der Waals surface area contributed by atoms with E-state index in [0.717, 1.165) is 0 Å². The lowest BCUT2D eigenvalue weighted by Crippen LogP contribution is -2.56. The maximum absolute atomic E-state index is 12.3. The summed E-state index contributed by atoms with van der Waals surface area (Å²) in [6, 6.07) is 2.70. The Morgan fingerprint density at radius 1 is 1.48 bits per heavy atom. The zero-order valence-electron chi connectivity index (χ0n) is 12.0. The van der Waals surface area contributed by atoms with Crippen molar-refractivity contribution in [3.63, 3.8) is 0 Å². The first-order valence-corrected chi connectivity index (χ1v) is 7.23. The van der Waals surface area contributed by atoms with Gasteiger partial charge in [0.25, 0.3) is 5.91 Å². The minimum atomic E-state index is -1.23. The Kier molecular flexibility index (Phi) is 2.29. The summed E-state index contributed by atoms with van der Waals surface area (Å²) in [6.45, 7) is 2.30. The lowest BCUT2D eigenvalue weighted by atomic mass is 10.0. The molecular weight excluding hydrogens is 272 g/mol. The van der Waals surface area contributed by atoms with E-state index < -0.39 is 11.8 Å². The number of amides is 3.